The minimum atomic E-state index is -6.03. The van der Waals surface area contributed by atoms with Crippen LogP contribution in [0.1, 0.15) is 35.5 Å². The minimum Gasteiger partial charge on any atom is -0.362 e. The molecule has 0 bridgehead atoms. The summed E-state index contributed by atoms with van der Waals surface area (Å²) in [6.07, 6.45) is -4.68. The maximum Gasteiger partial charge on any atom is 0.463 e. The summed E-state index contributed by atoms with van der Waals surface area (Å²) in [5, 5.41) is 8.69. The highest BCUT2D eigenvalue weighted by Crippen LogP contribution is 2.38. The van der Waals surface area contributed by atoms with E-state index in [0.717, 1.165) is 27.8 Å². The Morgan fingerprint density at radius 3 is 2.26 bits per heavy atom. The zero-order valence-corrected chi connectivity index (χ0v) is 21.3. The fourth-order valence-corrected chi connectivity index (χ4v) is 3.89. The smallest absolute Gasteiger partial charge is 0.362 e. The van der Waals surface area contributed by atoms with E-state index in [9.17, 15) is 26.7 Å². The van der Waals surface area contributed by atoms with Gasteiger partial charge < -0.3 is 15.2 Å². The molecule has 0 fully saturated rings. The number of hydrogen-bond acceptors (Lipinski definition) is 6. The molecule has 4 rings (SSSR count). The molecule has 2 N–H and O–H groups in total. The first-order valence-electron chi connectivity index (χ1n) is 11.8. The van der Waals surface area contributed by atoms with Gasteiger partial charge in [-0.05, 0) is 49.1 Å². The average Bonchev–Trinajstić information content (AvgIpc) is 3.31. The number of halogens is 5. The van der Waals surface area contributed by atoms with Crippen molar-refractivity contribution in [3.63, 3.8) is 0 Å². The summed E-state index contributed by atoms with van der Waals surface area (Å²) in [4.78, 5) is 20.2. The topological polar surface area (TPSA) is 92.9 Å². The number of aryl methyl sites for hydroxylation is 3. The number of aromatic nitrogens is 3. The minimum absolute atomic E-state index is 0.0497. The van der Waals surface area contributed by atoms with Gasteiger partial charge in [-0.3, -0.25) is 4.79 Å². The van der Waals surface area contributed by atoms with Crippen LogP contribution in [0.2, 0.25) is 0 Å². The van der Waals surface area contributed by atoms with Crippen LogP contribution in [0.15, 0.2) is 59.3 Å². The first-order valence-corrected chi connectivity index (χ1v) is 11.8. The number of nitrogens with one attached hydrogen (secondary N) is 2. The van der Waals surface area contributed by atoms with Gasteiger partial charge in [0, 0.05) is 18.7 Å². The molecular weight excluding hydrogens is 521 g/mol. The Labute approximate surface area is 220 Å². The summed E-state index contributed by atoms with van der Waals surface area (Å²) in [5.41, 5.74) is 4.34. The van der Waals surface area contributed by atoms with Crippen molar-refractivity contribution in [3.05, 3.63) is 77.3 Å². The van der Waals surface area contributed by atoms with Crippen molar-refractivity contribution in [2.24, 2.45) is 0 Å². The summed E-state index contributed by atoms with van der Waals surface area (Å²) < 4.78 is 70.2. The van der Waals surface area contributed by atoms with Gasteiger partial charge in [-0.2, -0.15) is 26.9 Å². The van der Waals surface area contributed by atoms with Crippen molar-refractivity contribution in [2.75, 3.05) is 10.6 Å². The van der Waals surface area contributed by atoms with Crippen LogP contribution >= 0.6 is 0 Å². The van der Waals surface area contributed by atoms with E-state index < -0.39 is 24.0 Å². The lowest BCUT2D eigenvalue weighted by Crippen LogP contribution is -2.47. The van der Waals surface area contributed by atoms with E-state index in [2.05, 4.69) is 20.4 Å². The van der Waals surface area contributed by atoms with E-state index in [-0.39, 0.29) is 17.1 Å². The SMILES string of the molecule is Cc1ccc(-c2noc(C)n2)c(-c2ccc(C(C)Nc3nccc(C)c3NC(=O)C(F)(F)C(F)(F)F)cc2)c1. The third-order valence-electron chi connectivity index (χ3n) is 6.06. The molecule has 12 heteroatoms. The molecule has 0 spiro atoms. The van der Waals surface area contributed by atoms with Crippen LogP contribution in [0.3, 0.4) is 0 Å². The Morgan fingerprint density at radius 2 is 1.64 bits per heavy atom. The molecule has 0 aliphatic heterocycles. The molecule has 0 aliphatic carbocycles. The summed E-state index contributed by atoms with van der Waals surface area (Å²) in [5.74, 6) is -7.21. The number of amides is 1. The van der Waals surface area contributed by atoms with Gasteiger partial charge in [0.1, 0.15) is 0 Å². The Hall–Kier alpha value is -4.35. The molecule has 1 atom stereocenters. The zero-order valence-electron chi connectivity index (χ0n) is 21.3. The number of carbonyl (C=O) groups is 1. The molecule has 0 radical (unpaired) electrons. The van der Waals surface area contributed by atoms with Crippen LogP contribution in [-0.4, -0.2) is 33.1 Å². The van der Waals surface area contributed by atoms with Crippen LogP contribution < -0.4 is 10.6 Å². The summed E-state index contributed by atoms with van der Waals surface area (Å²) in [6.45, 7) is 6.88. The fourth-order valence-electron chi connectivity index (χ4n) is 3.89. The Bertz CT molecular complexity index is 1500. The molecule has 2 aromatic carbocycles. The van der Waals surface area contributed by atoms with Crippen LogP contribution in [0, 0.1) is 20.8 Å². The zero-order chi connectivity index (χ0) is 28.5. The predicted octanol–water partition coefficient (Wildman–Crippen LogP) is 7.03. The molecule has 0 aliphatic rings. The number of hydrogen-bond donors (Lipinski definition) is 2. The van der Waals surface area contributed by atoms with Gasteiger partial charge in [-0.1, -0.05) is 53.2 Å². The van der Waals surface area contributed by atoms with Crippen LogP contribution in [0.25, 0.3) is 22.5 Å². The summed E-state index contributed by atoms with van der Waals surface area (Å²) in [6, 6.07) is 14.2. The van der Waals surface area contributed by atoms with Crippen molar-refractivity contribution >= 4 is 17.4 Å². The Balaban J connectivity index is 1.58. The number of carbonyl (C=O) groups excluding carboxylic acids is 1. The standard InChI is InChI=1S/C27H24F5N5O2/c1-14-5-10-20(23-35-17(4)39-37-23)21(13-14)19-8-6-18(7-9-19)16(3)34-24-22(15(2)11-12-33-24)36-25(38)26(28,29)27(30,31)32/h5-13,16H,1-4H3,(H,33,34)(H,36,38). The monoisotopic (exact) mass is 545 g/mol. The van der Waals surface area contributed by atoms with E-state index >= 15 is 0 Å². The third-order valence-corrected chi connectivity index (χ3v) is 6.06. The molecule has 2 aromatic heterocycles. The predicted molar refractivity (Wildman–Crippen MR) is 135 cm³/mol. The van der Waals surface area contributed by atoms with Crippen LogP contribution in [0.4, 0.5) is 33.5 Å². The van der Waals surface area contributed by atoms with Crippen molar-refractivity contribution in [3.8, 4) is 22.5 Å². The lowest BCUT2D eigenvalue weighted by atomic mass is 9.95. The fraction of sp³-hybridized carbons (Fsp3) is 0.259. The molecule has 0 saturated carbocycles. The molecule has 0 saturated heterocycles. The molecule has 204 valence electrons. The maximum absolute atomic E-state index is 13.6. The normalized spacial score (nSPS) is 12.7. The van der Waals surface area contributed by atoms with Crippen molar-refractivity contribution in [1.29, 1.82) is 0 Å². The van der Waals surface area contributed by atoms with Gasteiger partial charge >= 0.3 is 18.0 Å². The Morgan fingerprint density at radius 1 is 0.949 bits per heavy atom. The number of anilines is 2. The average molecular weight is 546 g/mol. The van der Waals surface area contributed by atoms with Crippen LogP contribution in [0.5, 0.6) is 0 Å². The number of pyridine rings is 1. The Kier molecular flexibility index (Phi) is 7.40. The highest BCUT2D eigenvalue weighted by molar-refractivity contribution is 5.99. The first-order chi connectivity index (χ1) is 18.3. The number of nitrogens with zero attached hydrogens (tertiary/aromatic N) is 3. The second kappa shape index (κ2) is 10.4. The van der Waals surface area contributed by atoms with E-state index in [1.165, 1.54) is 19.2 Å². The van der Waals surface area contributed by atoms with Crippen molar-refractivity contribution in [2.45, 2.75) is 45.8 Å². The maximum atomic E-state index is 13.6. The van der Waals surface area contributed by atoms with Gasteiger partial charge in [0.15, 0.2) is 5.82 Å². The second-order valence-corrected chi connectivity index (χ2v) is 9.05. The van der Waals surface area contributed by atoms with Crippen molar-refractivity contribution in [1.82, 2.24) is 15.1 Å². The van der Waals surface area contributed by atoms with E-state index in [1.807, 2.05) is 49.4 Å². The van der Waals surface area contributed by atoms with Gasteiger partial charge in [0.2, 0.25) is 11.7 Å². The molecule has 4 aromatic rings. The second-order valence-electron chi connectivity index (χ2n) is 9.05. The molecule has 1 unspecified atom stereocenters. The molecule has 7 nitrogen and oxygen atoms in total. The van der Waals surface area contributed by atoms with Gasteiger partial charge in [0.25, 0.3) is 0 Å². The number of benzene rings is 2. The van der Waals surface area contributed by atoms with Crippen molar-refractivity contribution < 1.29 is 31.3 Å². The molecule has 1 amide bonds. The number of rotatable bonds is 7. The first kappa shape index (κ1) is 27.7. The number of alkyl halides is 5. The van der Waals surface area contributed by atoms with Gasteiger partial charge in [-0.15, -0.1) is 0 Å². The lowest BCUT2D eigenvalue weighted by molar-refractivity contribution is -0.267. The van der Waals surface area contributed by atoms with Gasteiger partial charge in [0.05, 0.1) is 11.7 Å². The van der Waals surface area contributed by atoms with Gasteiger partial charge in [-0.25, -0.2) is 4.98 Å². The molecular formula is C27H24F5N5O2. The van der Waals surface area contributed by atoms with Crippen LogP contribution in [-0.2, 0) is 4.79 Å². The molecule has 39 heavy (non-hydrogen) atoms. The largest absolute Gasteiger partial charge is 0.463 e. The van der Waals surface area contributed by atoms with E-state index in [0.29, 0.717) is 11.7 Å². The summed E-state index contributed by atoms with van der Waals surface area (Å²) in [7, 11) is 0. The third kappa shape index (κ3) is 5.74. The summed E-state index contributed by atoms with van der Waals surface area (Å²) >= 11 is 0. The highest BCUT2D eigenvalue weighted by Gasteiger charge is 2.63. The quantitative estimate of drug-likeness (QED) is 0.242. The molecule has 2 heterocycles. The highest BCUT2D eigenvalue weighted by atomic mass is 19.4. The van der Waals surface area contributed by atoms with E-state index in [4.69, 9.17) is 4.52 Å². The van der Waals surface area contributed by atoms with E-state index in [1.54, 1.807) is 19.2 Å². The lowest BCUT2D eigenvalue weighted by Gasteiger charge is -2.22.